The maximum absolute atomic E-state index is 12.4. The number of carbonyl (C=O) groups is 2. The lowest BCUT2D eigenvalue weighted by molar-refractivity contribution is -0.143. The van der Waals surface area contributed by atoms with Crippen LogP contribution >= 0.6 is 11.8 Å². The molecule has 2 saturated heterocycles. The zero-order valence-corrected chi connectivity index (χ0v) is 12.0. The number of likely N-dealkylation sites (tertiary alicyclic amines) is 1. The Labute approximate surface area is 113 Å². The fraction of sp³-hybridized carbons (Fsp3) is 0.846. The Bertz CT molecular complexity index is 327. The quantitative estimate of drug-likeness (QED) is 0.781. The molecule has 0 saturated carbocycles. The molecule has 0 spiro atoms. The van der Waals surface area contributed by atoms with Gasteiger partial charge in [-0.25, -0.2) is 0 Å². The molecule has 0 N–H and O–H groups in total. The van der Waals surface area contributed by atoms with Crippen molar-refractivity contribution in [3.8, 4) is 0 Å². The molecule has 2 rings (SSSR count). The van der Waals surface area contributed by atoms with Crippen LogP contribution in [0.25, 0.3) is 0 Å². The fourth-order valence-electron chi connectivity index (χ4n) is 2.51. The minimum absolute atomic E-state index is 0.132. The first-order chi connectivity index (χ1) is 8.59. The van der Waals surface area contributed by atoms with Gasteiger partial charge >= 0.3 is 0 Å². The molecule has 0 aromatic heterocycles. The van der Waals surface area contributed by atoms with Crippen molar-refractivity contribution in [3.63, 3.8) is 0 Å². The molecule has 5 heteroatoms. The minimum atomic E-state index is -0.209. The lowest BCUT2D eigenvalue weighted by Gasteiger charge is -2.27. The molecule has 0 aliphatic carbocycles. The first kappa shape index (κ1) is 13.7. The summed E-state index contributed by atoms with van der Waals surface area (Å²) < 4.78 is 0. The van der Waals surface area contributed by atoms with E-state index < -0.39 is 0 Å². The molecule has 2 aliphatic rings. The van der Waals surface area contributed by atoms with Gasteiger partial charge in [-0.1, -0.05) is 13.8 Å². The van der Waals surface area contributed by atoms with Gasteiger partial charge in [0.15, 0.2) is 0 Å². The van der Waals surface area contributed by atoms with Crippen LogP contribution in [0.4, 0.5) is 0 Å². The second-order valence-corrected chi connectivity index (χ2v) is 6.51. The molecule has 0 radical (unpaired) electrons. The van der Waals surface area contributed by atoms with Gasteiger partial charge in [0, 0.05) is 25.3 Å². The Morgan fingerprint density at radius 1 is 1.28 bits per heavy atom. The summed E-state index contributed by atoms with van der Waals surface area (Å²) in [4.78, 5) is 28.2. The third-order valence-corrected chi connectivity index (χ3v) is 4.50. The lowest BCUT2D eigenvalue weighted by atomic mass is 10.1. The van der Waals surface area contributed by atoms with E-state index in [1.165, 1.54) is 0 Å². The summed E-state index contributed by atoms with van der Waals surface area (Å²) >= 11 is 1.69. The Balaban J connectivity index is 1.98. The van der Waals surface area contributed by atoms with Gasteiger partial charge in [0.25, 0.3) is 0 Å². The second-order valence-electron chi connectivity index (χ2n) is 5.51. The standard InChI is InChI=1S/C13H22N2O2S/c1-10(2)7-12(16)15-9-18-8-11(15)13(17)14-5-3-4-6-14/h10-11H,3-9H2,1-2H3. The van der Waals surface area contributed by atoms with Gasteiger partial charge in [0.1, 0.15) is 6.04 Å². The van der Waals surface area contributed by atoms with Crippen LogP contribution in [0.15, 0.2) is 0 Å². The lowest BCUT2D eigenvalue weighted by Crippen LogP contribution is -2.48. The number of hydrogen-bond acceptors (Lipinski definition) is 3. The van der Waals surface area contributed by atoms with Gasteiger partial charge in [-0.05, 0) is 18.8 Å². The Morgan fingerprint density at radius 3 is 2.56 bits per heavy atom. The molecule has 18 heavy (non-hydrogen) atoms. The zero-order valence-electron chi connectivity index (χ0n) is 11.2. The summed E-state index contributed by atoms with van der Waals surface area (Å²) in [5.74, 6) is 2.09. The molecule has 2 fully saturated rings. The monoisotopic (exact) mass is 270 g/mol. The summed E-state index contributed by atoms with van der Waals surface area (Å²) in [5, 5.41) is 0. The van der Waals surface area contributed by atoms with Crippen molar-refractivity contribution >= 4 is 23.6 Å². The number of nitrogens with zero attached hydrogens (tertiary/aromatic N) is 2. The van der Waals surface area contributed by atoms with Gasteiger partial charge in [0.2, 0.25) is 11.8 Å². The molecule has 2 aliphatic heterocycles. The van der Waals surface area contributed by atoms with E-state index >= 15 is 0 Å². The van der Waals surface area contributed by atoms with Crippen LogP contribution < -0.4 is 0 Å². The van der Waals surface area contributed by atoms with Crippen LogP contribution in [0.1, 0.15) is 33.1 Å². The van der Waals surface area contributed by atoms with E-state index in [2.05, 4.69) is 0 Å². The predicted octanol–water partition coefficient (Wildman–Crippen LogP) is 1.56. The highest BCUT2D eigenvalue weighted by Gasteiger charge is 2.37. The second kappa shape index (κ2) is 5.95. The summed E-state index contributed by atoms with van der Waals surface area (Å²) in [7, 11) is 0. The number of carbonyl (C=O) groups excluding carboxylic acids is 2. The van der Waals surface area contributed by atoms with Crippen molar-refractivity contribution in [1.82, 2.24) is 9.80 Å². The molecule has 0 bridgehead atoms. The average molecular weight is 270 g/mol. The van der Waals surface area contributed by atoms with E-state index in [4.69, 9.17) is 0 Å². The molecule has 0 aromatic carbocycles. The third-order valence-electron chi connectivity index (χ3n) is 3.49. The molecular weight excluding hydrogens is 248 g/mol. The molecule has 1 atom stereocenters. The van der Waals surface area contributed by atoms with Gasteiger partial charge in [-0.3, -0.25) is 9.59 Å². The molecule has 0 aromatic rings. The summed E-state index contributed by atoms with van der Waals surface area (Å²) in [6, 6.07) is -0.209. The van der Waals surface area contributed by atoms with E-state index in [0.717, 1.165) is 31.7 Å². The highest BCUT2D eigenvalue weighted by atomic mass is 32.2. The van der Waals surface area contributed by atoms with Crippen LogP contribution in [0, 0.1) is 5.92 Å². The van der Waals surface area contributed by atoms with E-state index in [1.807, 2.05) is 18.7 Å². The topological polar surface area (TPSA) is 40.6 Å². The number of hydrogen-bond donors (Lipinski definition) is 0. The molecule has 4 nitrogen and oxygen atoms in total. The molecule has 1 unspecified atom stereocenters. The molecule has 2 amide bonds. The molecule has 102 valence electrons. The maximum Gasteiger partial charge on any atom is 0.246 e. The Kier molecular flexibility index (Phi) is 4.54. The number of thioether (sulfide) groups is 1. The first-order valence-corrected chi connectivity index (χ1v) is 7.91. The van der Waals surface area contributed by atoms with Gasteiger partial charge < -0.3 is 9.80 Å². The highest BCUT2D eigenvalue weighted by Crippen LogP contribution is 2.25. The molecular formula is C13H22N2O2S. The van der Waals surface area contributed by atoms with Crippen molar-refractivity contribution in [2.75, 3.05) is 24.7 Å². The van der Waals surface area contributed by atoms with Crippen molar-refractivity contribution < 1.29 is 9.59 Å². The van der Waals surface area contributed by atoms with E-state index in [1.54, 1.807) is 16.7 Å². The van der Waals surface area contributed by atoms with Crippen LogP contribution in [0.2, 0.25) is 0 Å². The summed E-state index contributed by atoms with van der Waals surface area (Å²) in [6.45, 7) is 5.81. The number of rotatable bonds is 3. The van der Waals surface area contributed by atoms with Crippen LogP contribution in [0.5, 0.6) is 0 Å². The average Bonchev–Trinajstić information content (AvgIpc) is 2.98. The maximum atomic E-state index is 12.4. The van der Waals surface area contributed by atoms with E-state index in [0.29, 0.717) is 18.2 Å². The largest absolute Gasteiger partial charge is 0.341 e. The Hall–Kier alpha value is -0.710. The van der Waals surface area contributed by atoms with Gasteiger partial charge in [-0.15, -0.1) is 11.8 Å². The van der Waals surface area contributed by atoms with E-state index in [9.17, 15) is 9.59 Å². The third kappa shape index (κ3) is 2.99. The van der Waals surface area contributed by atoms with Crippen LogP contribution in [-0.2, 0) is 9.59 Å². The van der Waals surface area contributed by atoms with Gasteiger partial charge in [0.05, 0.1) is 5.88 Å². The van der Waals surface area contributed by atoms with Crippen molar-refractivity contribution in [3.05, 3.63) is 0 Å². The van der Waals surface area contributed by atoms with Crippen molar-refractivity contribution in [2.45, 2.75) is 39.2 Å². The first-order valence-electron chi connectivity index (χ1n) is 6.75. The van der Waals surface area contributed by atoms with Crippen molar-refractivity contribution in [2.24, 2.45) is 5.92 Å². The predicted molar refractivity (Wildman–Crippen MR) is 73.2 cm³/mol. The van der Waals surface area contributed by atoms with Gasteiger partial charge in [-0.2, -0.15) is 0 Å². The summed E-state index contributed by atoms with van der Waals surface area (Å²) in [6.07, 6.45) is 2.75. The smallest absolute Gasteiger partial charge is 0.246 e. The number of amides is 2. The Morgan fingerprint density at radius 2 is 1.94 bits per heavy atom. The summed E-state index contributed by atoms with van der Waals surface area (Å²) in [5.41, 5.74) is 0. The van der Waals surface area contributed by atoms with Crippen LogP contribution in [0.3, 0.4) is 0 Å². The normalized spacial score (nSPS) is 24.1. The van der Waals surface area contributed by atoms with E-state index in [-0.39, 0.29) is 17.9 Å². The highest BCUT2D eigenvalue weighted by molar-refractivity contribution is 7.99. The SMILES string of the molecule is CC(C)CC(=O)N1CSCC1C(=O)N1CCCC1. The minimum Gasteiger partial charge on any atom is -0.341 e. The zero-order chi connectivity index (χ0) is 13.1. The fourth-order valence-corrected chi connectivity index (χ4v) is 3.68. The molecule has 2 heterocycles. The van der Waals surface area contributed by atoms with Crippen molar-refractivity contribution in [1.29, 1.82) is 0 Å². The van der Waals surface area contributed by atoms with Crippen LogP contribution in [-0.4, -0.2) is 52.4 Å².